The second-order valence-electron chi connectivity index (χ2n) is 15.6. The molecule has 63 heavy (non-hydrogen) atoms. The number of hydrogen-bond donors (Lipinski definition) is 6. The van der Waals surface area contributed by atoms with E-state index in [1.54, 1.807) is 18.4 Å². The fourth-order valence-electron chi connectivity index (χ4n) is 7.68. The molecule has 0 aromatic rings. The zero-order valence-corrected chi connectivity index (χ0v) is 36.0. The van der Waals surface area contributed by atoms with Crippen molar-refractivity contribution in [2.24, 2.45) is 20.4 Å². The highest BCUT2D eigenvalue weighted by atomic mass is 16.6. The van der Waals surface area contributed by atoms with Crippen LogP contribution in [-0.2, 0) is 33.6 Å². The lowest BCUT2D eigenvalue weighted by Gasteiger charge is -2.22. The van der Waals surface area contributed by atoms with Crippen molar-refractivity contribution in [3.05, 3.63) is 117 Å². The maximum atomic E-state index is 13.4. The van der Waals surface area contributed by atoms with Gasteiger partial charge in [-0.15, -0.1) is 0 Å². The Labute approximate surface area is 363 Å². The number of nitrogens with one attached hydrogen (secondary N) is 2. The molecule has 18 nitrogen and oxygen atoms in total. The van der Waals surface area contributed by atoms with Gasteiger partial charge in [-0.25, -0.2) is 15.0 Å². The van der Waals surface area contributed by atoms with E-state index in [0.29, 0.717) is 68.8 Å². The molecule has 0 saturated heterocycles. The van der Waals surface area contributed by atoms with Gasteiger partial charge >= 0.3 is 23.9 Å². The van der Waals surface area contributed by atoms with E-state index in [1.807, 2.05) is 52.0 Å². The molecular weight excluding hydrogens is 815 g/mol. The molecule has 8 bridgehead atoms. The largest absolute Gasteiger partial charge is 0.480 e. The highest BCUT2D eigenvalue weighted by Gasteiger charge is 2.37. The number of carboxylic acids is 4. The number of carbonyl (C=O) groups excluding carboxylic acids is 2. The molecule has 5 heterocycles. The first kappa shape index (κ1) is 46.8. The van der Waals surface area contributed by atoms with Gasteiger partial charge in [-0.1, -0.05) is 26.5 Å². The number of amides is 2. The molecule has 18 heteroatoms. The van der Waals surface area contributed by atoms with Gasteiger partial charge in [0.2, 0.25) is 11.8 Å². The molecule has 0 saturated carbocycles. The van der Waals surface area contributed by atoms with Crippen LogP contribution in [0.3, 0.4) is 0 Å². The average Bonchev–Trinajstić information content (AvgIpc) is 3.84. The molecule has 0 fully saturated rings. The van der Waals surface area contributed by atoms with Gasteiger partial charge in [0.25, 0.3) is 0 Å². The minimum Gasteiger partial charge on any atom is -0.480 e. The molecule has 5 aliphatic heterocycles. The van der Waals surface area contributed by atoms with Crippen LogP contribution in [0.1, 0.15) is 67.2 Å². The zero-order chi connectivity index (χ0) is 46.3. The summed E-state index contributed by atoms with van der Waals surface area (Å²) in [5.74, 6) is -6.85. The zero-order valence-electron chi connectivity index (χ0n) is 36.0. The number of carboxylic acid groups (broad SMARTS) is 4. The fraction of sp³-hybridized carbons (Fsp3) is 0.356. The van der Waals surface area contributed by atoms with E-state index in [0.717, 1.165) is 32.2 Å². The van der Waals surface area contributed by atoms with Crippen LogP contribution in [0.15, 0.2) is 132 Å². The summed E-state index contributed by atoms with van der Waals surface area (Å²) in [4.78, 5) is 94.9. The van der Waals surface area contributed by atoms with Crippen molar-refractivity contribution in [2.75, 3.05) is 32.8 Å². The van der Waals surface area contributed by atoms with Gasteiger partial charge in [-0.3, -0.25) is 39.1 Å². The third-order valence-corrected chi connectivity index (χ3v) is 11.0. The summed E-state index contributed by atoms with van der Waals surface area (Å²) in [6.07, 6.45) is 12.3. The number of nitrogens with zero attached hydrogens (tertiary/aromatic N) is 5. The minimum absolute atomic E-state index is 0.0382. The molecule has 0 spiro atoms. The van der Waals surface area contributed by atoms with E-state index >= 15 is 0 Å². The van der Waals surface area contributed by atoms with Gasteiger partial charge in [-0.05, 0) is 104 Å². The Morgan fingerprint density at radius 2 is 1.22 bits per heavy atom. The number of aliphatic imine (C=N–C) groups is 3. The fourth-order valence-corrected chi connectivity index (χ4v) is 7.68. The summed E-state index contributed by atoms with van der Waals surface area (Å²) >= 11 is 0. The normalized spacial score (nSPS) is 17.7. The number of hydroxylamine groups is 1. The van der Waals surface area contributed by atoms with Crippen LogP contribution in [0, 0.1) is 5.41 Å². The van der Waals surface area contributed by atoms with Crippen LogP contribution >= 0.6 is 0 Å². The van der Waals surface area contributed by atoms with Crippen molar-refractivity contribution in [1.29, 1.82) is 0 Å². The van der Waals surface area contributed by atoms with E-state index in [2.05, 4.69) is 31.2 Å². The lowest BCUT2D eigenvalue weighted by atomic mass is 9.82. The molecule has 0 unspecified atom stereocenters. The van der Waals surface area contributed by atoms with Gasteiger partial charge in [0.15, 0.2) is 0 Å². The number of allylic oxidation sites excluding steroid dienone is 13. The van der Waals surface area contributed by atoms with Gasteiger partial charge in [-0.2, -0.15) is 0 Å². The van der Waals surface area contributed by atoms with E-state index in [9.17, 15) is 49.2 Å². The van der Waals surface area contributed by atoms with Crippen molar-refractivity contribution < 1.29 is 54.0 Å². The molecule has 0 radical (unpaired) electrons. The van der Waals surface area contributed by atoms with Crippen LogP contribution in [0.25, 0.3) is 0 Å². The SMILES string of the molecule is C=CC1=C(C)C2=CC3=NC(=CC4=NC(=CC5=C(/C=C/NOCC)C(C)(C)C(=CC1=N2)N5)C(C)=C4CCC(=O)N(CC(=O)O)CC(=O)O)C(CCC(=O)N(CC(=O)O)CC(=O)O)=C3C. The monoisotopic (exact) mass is 865 g/mol. The second-order valence-corrected chi connectivity index (χ2v) is 15.6. The van der Waals surface area contributed by atoms with E-state index in [4.69, 9.17) is 19.8 Å². The number of aliphatic carboxylic acids is 4. The molecular formula is C45H51N7O11. The first-order valence-electron chi connectivity index (χ1n) is 20.1. The second kappa shape index (κ2) is 19.7. The highest BCUT2D eigenvalue weighted by molar-refractivity contribution is 6.18. The topological polar surface area (TPSA) is 260 Å². The Morgan fingerprint density at radius 1 is 0.714 bits per heavy atom. The molecule has 2 amide bonds. The van der Waals surface area contributed by atoms with Crippen molar-refractivity contribution in [1.82, 2.24) is 20.6 Å². The van der Waals surface area contributed by atoms with Gasteiger partial charge < -0.3 is 35.5 Å². The standard InChI is InChI=1S/C45H51N7O11/c1-8-27-24(3)31-16-32-25(4)28(10-12-39(53)51(20-41(55)56)21-42(57)58)34(47-32)18-35-29(11-13-40(54)52(22-43(59)60)23-44(61)62)26(5)33(48-35)17-37-30(14-15-46-63-9-2)45(6,7)38(50-37)19-36(27)49-31/h8,14-19,46,50H,1,9-13,20-23H2,2-7H3,(H,55,56)(H,57,58)(H,59,60)(H,61,62)/b15-14+,31-16?,33-17?,34-18?,38-19?. The van der Waals surface area contributed by atoms with E-state index < -0.39 is 67.3 Å². The Morgan fingerprint density at radius 3 is 1.76 bits per heavy atom. The molecule has 5 rings (SSSR count). The molecule has 5 aliphatic rings. The Bertz CT molecular complexity index is 2420. The van der Waals surface area contributed by atoms with Crippen molar-refractivity contribution in [2.45, 2.75) is 67.2 Å². The van der Waals surface area contributed by atoms with Crippen molar-refractivity contribution >= 4 is 52.8 Å². The number of fused-ring (bicyclic) bond motifs is 5. The van der Waals surface area contributed by atoms with Crippen LogP contribution in [0.2, 0.25) is 0 Å². The third kappa shape index (κ3) is 10.8. The third-order valence-electron chi connectivity index (χ3n) is 11.0. The van der Waals surface area contributed by atoms with Crippen molar-refractivity contribution in [3.63, 3.8) is 0 Å². The predicted octanol–water partition coefficient (Wildman–Crippen LogP) is 4.53. The Hall–Kier alpha value is -7.21. The van der Waals surface area contributed by atoms with Crippen molar-refractivity contribution in [3.8, 4) is 0 Å². The molecule has 0 aliphatic carbocycles. The predicted molar refractivity (Wildman–Crippen MR) is 233 cm³/mol. The van der Waals surface area contributed by atoms with E-state index in [1.165, 1.54) is 0 Å². The summed E-state index contributed by atoms with van der Waals surface area (Å²) in [7, 11) is 0. The first-order chi connectivity index (χ1) is 29.7. The van der Waals surface area contributed by atoms with Gasteiger partial charge in [0.1, 0.15) is 26.2 Å². The van der Waals surface area contributed by atoms with Gasteiger partial charge in [0, 0.05) is 41.4 Å². The maximum Gasteiger partial charge on any atom is 0.323 e. The summed E-state index contributed by atoms with van der Waals surface area (Å²) < 4.78 is 0. The Balaban J connectivity index is 1.71. The average molecular weight is 866 g/mol. The summed E-state index contributed by atoms with van der Waals surface area (Å²) in [6.45, 7) is 12.8. The summed E-state index contributed by atoms with van der Waals surface area (Å²) in [6, 6.07) is 0. The number of rotatable bonds is 19. The maximum absolute atomic E-state index is 13.4. The lowest BCUT2D eigenvalue weighted by molar-refractivity contribution is -0.149. The number of carbonyl (C=O) groups is 6. The molecule has 332 valence electrons. The van der Waals surface area contributed by atoms with Crippen LogP contribution in [0.4, 0.5) is 0 Å². The number of hydrogen-bond acceptors (Lipinski definition) is 12. The van der Waals surface area contributed by atoms with Crippen LogP contribution in [0.5, 0.6) is 0 Å². The quantitative estimate of drug-likeness (QED) is 0.0772. The molecule has 0 aromatic carbocycles. The lowest BCUT2D eigenvalue weighted by Crippen LogP contribution is -2.39. The van der Waals surface area contributed by atoms with Gasteiger partial charge in [0.05, 0.1) is 40.8 Å². The molecule has 0 atom stereocenters. The summed E-state index contributed by atoms with van der Waals surface area (Å²) in [5.41, 5.74) is 11.9. The Kier molecular flexibility index (Phi) is 14.6. The minimum atomic E-state index is -1.37. The highest BCUT2D eigenvalue weighted by Crippen LogP contribution is 2.44. The molecule has 6 N–H and O–H groups in total. The molecule has 0 aromatic heterocycles. The van der Waals surface area contributed by atoms with E-state index in [-0.39, 0.29) is 25.7 Å². The summed E-state index contributed by atoms with van der Waals surface area (Å²) in [5, 5.41) is 41.2. The van der Waals surface area contributed by atoms with Crippen LogP contribution in [-0.4, -0.2) is 116 Å². The smallest absolute Gasteiger partial charge is 0.323 e. The first-order valence-corrected chi connectivity index (χ1v) is 20.1. The van der Waals surface area contributed by atoms with Crippen LogP contribution < -0.4 is 10.8 Å².